The number of aromatic nitrogens is 4. The predicted molar refractivity (Wildman–Crippen MR) is 160 cm³/mol. The van der Waals surface area contributed by atoms with Gasteiger partial charge in [-0.3, -0.25) is 9.48 Å². The maximum atomic E-state index is 12.9. The molecule has 0 saturated heterocycles. The lowest BCUT2D eigenvalue weighted by Gasteiger charge is -2.28. The Hall–Kier alpha value is -4.58. The monoisotopic (exact) mass is 608 g/mol. The Morgan fingerprint density at radius 3 is 2.53 bits per heavy atom. The van der Waals surface area contributed by atoms with Gasteiger partial charge in [-0.15, -0.1) is 0 Å². The zero-order valence-electron chi connectivity index (χ0n) is 24.6. The van der Waals surface area contributed by atoms with Gasteiger partial charge in [0.15, 0.2) is 17.2 Å². The summed E-state index contributed by atoms with van der Waals surface area (Å²) in [5, 5.41) is 8.23. The number of hydrogen-bond acceptors (Lipinski definition) is 9. The zero-order chi connectivity index (χ0) is 30.7. The van der Waals surface area contributed by atoms with Crippen LogP contribution >= 0.6 is 11.6 Å². The number of ether oxygens (including phenoxy) is 4. The molecule has 226 valence electrons. The van der Waals surface area contributed by atoms with Crippen LogP contribution in [0.4, 0.5) is 10.5 Å². The molecule has 0 aliphatic heterocycles. The molecule has 1 fully saturated rings. The quantitative estimate of drug-likeness (QED) is 0.236. The van der Waals surface area contributed by atoms with Crippen LogP contribution < -0.4 is 19.5 Å². The average molecular weight is 609 g/mol. The number of anilines is 1. The first-order valence-electron chi connectivity index (χ1n) is 13.7. The van der Waals surface area contributed by atoms with Gasteiger partial charge in [0.05, 0.1) is 44.1 Å². The summed E-state index contributed by atoms with van der Waals surface area (Å²) < 4.78 is 23.7. The molecule has 2 aromatic carbocycles. The van der Waals surface area contributed by atoms with Gasteiger partial charge in [0.2, 0.25) is 11.8 Å². The summed E-state index contributed by atoms with van der Waals surface area (Å²) >= 11 is 6.47. The number of amides is 2. The van der Waals surface area contributed by atoms with Crippen molar-refractivity contribution in [2.75, 3.05) is 19.5 Å². The van der Waals surface area contributed by atoms with Crippen LogP contribution in [0.25, 0.3) is 10.9 Å². The van der Waals surface area contributed by atoms with Gasteiger partial charge in [0, 0.05) is 22.8 Å². The predicted octanol–water partition coefficient (Wildman–Crippen LogP) is 5.83. The summed E-state index contributed by atoms with van der Waals surface area (Å²) in [7, 11) is 3.09. The molecule has 0 bridgehead atoms. The van der Waals surface area contributed by atoms with Crippen molar-refractivity contribution in [1.82, 2.24) is 24.6 Å². The molecule has 2 amide bonds. The van der Waals surface area contributed by atoms with E-state index in [1.807, 2.05) is 20.8 Å². The minimum absolute atomic E-state index is 0.0665. The number of nitrogens with one attached hydrogen (secondary N) is 1. The Labute approximate surface area is 253 Å². The number of rotatable bonds is 10. The summed E-state index contributed by atoms with van der Waals surface area (Å²) in [5.41, 5.74) is 1.26. The molecular weight excluding hydrogens is 576 g/mol. The van der Waals surface area contributed by atoms with Gasteiger partial charge in [0.1, 0.15) is 18.5 Å². The van der Waals surface area contributed by atoms with Crippen molar-refractivity contribution < 1.29 is 28.5 Å². The van der Waals surface area contributed by atoms with Crippen molar-refractivity contribution >= 4 is 40.2 Å². The average Bonchev–Trinajstić information content (AvgIpc) is 3.70. The van der Waals surface area contributed by atoms with Crippen molar-refractivity contribution in [3.8, 4) is 23.1 Å². The van der Waals surface area contributed by atoms with Crippen LogP contribution in [0.15, 0.2) is 49.1 Å². The first-order valence-corrected chi connectivity index (χ1v) is 14.1. The number of carbonyl (C=O) groups excluding carboxylic acids is 2. The van der Waals surface area contributed by atoms with Crippen molar-refractivity contribution in [2.45, 2.75) is 58.3 Å². The Morgan fingerprint density at radius 2 is 1.84 bits per heavy atom. The van der Waals surface area contributed by atoms with E-state index in [1.165, 1.54) is 17.2 Å². The summed E-state index contributed by atoms with van der Waals surface area (Å²) in [4.78, 5) is 35.9. The molecule has 43 heavy (non-hydrogen) atoms. The molecule has 0 atom stereocenters. The Morgan fingerprint density at radius 1 is 1.09 bits per heavy atom. The molecule has 1 aliphatic carbocycles. The van der Waals surface area contributed by atoms with E-state index in [-0.39, 0.29) is 31.1 Å². The van der Waals surface area contributed by atoms with Crippen LogP contribution in [0.5, 0.6) is 23.1 Å². The number of fused-ring (bicyclic) bond motifs is 1. The number of nitrogens with zero attached hydrogens (tertiary/aromatic N) is 5. The summed E-state index contributed by atoms with van der Waals surface area (Å²) in [6.07, 6.45) is 5.92. The summed E-state index contributed by atoms with van der Waals surface area (Å²) in [6.45, 7) is 5.71. The minimum Gasteiger partial charge on any atom is -0.493 e. The fourth-order valence-corrected chi connectivity index (χ4v) is 4.57. The first kappa shape index (κ1) is 29.9. The van der Waals surface area contributed by atoms with Gasteiger partial charge < -0.3 is 29.2 Å². The van der Waals surface area contributed by atoms with Crippen LogP contribution in [-0.2, 0) is 22.6 Å². The second-order valence-corrected chi connectivity index (χ2v) is 11.5. The molecule has 2 aromatic heterocycles. The molecule has 4 aromatic rings. The van der Waals surface area contributed by atoms with E-state index in [2.05, 4.69) is 20.4 Å². The van der Waals surface area contributed by atoms with Crippen molar-refractivity contribution in [1.29, 1.82) is 0 Å². The van der Waals surface area contributed by atoms with Gasteiger partial charge in [-0.1, -0.05) is 11.6 Å². The zero-order valence-corrected chi connectivity index (χ0v) is 25.3. The number of carbonyl (C=O) groups is 2. The fraction of sp³-hybridized carbons (Fsp3) is 0.367. The third-order valence-electron chi connectivity index (χ3n) is 6.52. The molecule has 0 radical (unpaired) electrons. The smallest absolute Gasteiger partial charge is 0.410 e. The van der Waals surface area contributed by atoms with E-state index in [0.29, 0.717) is 50.3 Å². The van der Waals surface area contributed by atoms with Crippen LogP contribution in [0.2, 0.25) is 5.02 Å². The first-order chi connectivity index (χ1) is 20.5. The molecule has 0 spiro atoms. The lowest BCUT2D eigenvalue weighted by molar-refractivity contribution is -0.116. The van der Waals surface area contributed by atoms with E-state index in [1.54, 1.807) is 55.6 Å². The number of hydrogen-bond donors (Lipinski definition) is 1. The minimum atomic E-state index is -0.606. The highest BCUT2D eigenvalue weighted by molar-refractivity contribution is 6.31. The lowest BCUT2D eigenvalue weighted by atomic mass is 10.1. The van der Waals surface area contributed by atoms with Gasteiger partial charge in [-0.2, -0.15) is 5.10 Å². The highest BCUT2D eigenvalue weighted by Gasteiger charge is 2.35. The van der Waals surface area contributed by atoms with Crippen molar-refractivity contribution in [2.24, 2.45) is 0 Å². The van der Waals surface area contributed by atoms with Gasteiger partial charge in [-0.25, -0.2) is 14.8 Å². The second-order valence-electron chi connectivity index (χ2n) is 11.1. The molecule has 1 saturated carbocycles. The Balaban J connectivity index is 1.24. The van der Waals surface area contributed by atoms with Gasteiger partial charge in [-0.05, 0) is 63.4 Å². The van der Waals surface area contributed by atoms with E-state index < -0.39 is 5.60 Å². The summed E-state index contributed by atoms with van der Waals surface area (Å²) in [5.74, 6) is 1.43. The fourth-order valence-electron chi connectivity index (χ4n) is 4.39. The Kier molecular flexibility index (Phi) is 8.58. The highest BCUT2D eigenvalue weighted by atomic mass is 35.5. The van der Waals surface area contributed by atoms with Gasteiger partial charge >= 0.3 is 6.09 Å². The highest BCUT2D eigenvalue weighted by Crippen LogP contribution is 2.36. The normalized spacial score (nSPS) is 13.0. The third-order valence-corrected chi connectivity index (χ3v) is 6.89. The van der Waals surface area contributed by atoms with Crippen LogP contribution in [0.3, 0.4) is 0 Å². The van der Waals surface area contributed by atoms with Crippen LogP contribution in [0, 0.1) is 0 Å². The Bertz CT molecular complexity index is 1650. The number of halogens is 1. The second kappa shape index (κ2) is 12.3. The van der Waals surface area contributed by atoms with E-state index in [0.717, 1.165) is 12.8 Å². The molecule has 2 heterocycles. The molecular formula is C30H33ClN6O6. The van der Waals surface area contributed by atoms with E-state index >= 15 is 0 Å². The maximum Gasteiger partial charge on any atom is 0.410 e. The van der Waals surface area contributed by atoms with E-state index in [9.17, 15) is 9.59 Å². The van der Waals surface area contributed by atoms with Crippen LogP contribution in [0.1, 0.15) is 39.2 Å². The number of methoxy groups -OCH3 is 2. The van der Waals surface area contributed by atoms with Crippen LogP contribution in [-0.4, -0.2) is 62.5 Å². The number of benzene rings is 2. The molecule has 1 N–H and O–H groups in total. The molecule has 0 unspecified atom stereocenters. The maximum absolute atomic E-state index is 12.9. The topological polar surface area (TPSA) is 130 Å². The van der Waals surface area contributed by atoms with E-state index in [4.69, 9.17) is 30.5 Å². The molecule has 12 nitrogen and oxygen atoms in total. The SMILES string of the molecule is COc1cc2ncnc(Oc3cnn(CC(=O)Nc4ccc(Cl)c(CN(C(=O)OC(C)(C)C)C5CC5)c4)c3)c2cc1OC. The molecule has 5 rings (SSSR count). The summed E-state index contributed by atoms with van der Waals surface area (Å²) in [6, 6.07) is 8.76. The third kappa shape index (κ3) is 7.44. The largest absolute Gasteiger partial charge is 0.493 e. The molecule has 1 aliphatic rings. The molecule has 13 heteroatoms. The standard InChI is InChI=1S/C30H33ClN6O6/c1-30(2,3)43-29(39)37(20-7-8-20)14-18-10-19(6-9-23(18)31)35-27(38)16-36-15-21(13-34-36)42-28-22-11-25(40-4)26(41-5)12-24(22)32-17-33-28/h6,9-13,15,17,20H,7-8,14,16H2,1-5H3,(H,35,38). The van der Waals surface area contributed by atoms with Crippen molar-refractivity contribution in [3.63, 3.8) is 0 Å². The van der Waals surface area contributed by atoms with Gasteiger partial charge in [0.25, 0.3) is 0 Å². The van der Waals surface area contributed by atoms with Crippen molar-refractivity contribution in [3.05, 3.63) is 59.6 Å². The lowest BCUT2D eigenvalue weighted by Crippen LogP contribution is -2.37.